The molecule has 0 radical (unpaired) electrons. The number of ether oxygens (including phenoxy) is 1. The summed E-state index contributed by atoms with van der Waals surface area (Å²) in [4.78, 5) is 27.3. The first kappa shape index (κ1) is 17.1. The highest BCUT2D eigenvalue weighted by molar-refractivity contribution is 5.94. The topological polar surface area (TPSA) is 94.2 Å². The Morgan fingerprint density at radius 3 is 2.96 bits per heavy atom. The van der Waals surface area contributed by atoms with E-state index in [1.54, 1.807) is 31.6 Å². The van der Waals surface area contributed by atoms with Crippen molar-refractivity contribution in [1.82, 2.24) is 25.0 Å². The number of nitrogens with zero attached hydrogens (tertiary/aromatic N) is 5. The van der Waals surface area contributed by atoms with Crippen LogP contribution in [0.3, 0.4) is 0 Å². The first-order chi connectivity index (χ1) is 13.2. The summed E-state index contributed by atoms with van der Waals surface area (Å²) < 4.78 is 10.5. The summed E-state index contributed by atoms with van der Waals surface area (Å²) in [7, 11) is 1.54. The molecule has 0 N–H and O–H groups in total. The van der Waals surface area contributed by atoms with Gasteiger partial charge in [0, 0.05) is 43.3 Å². The van der Waals surface area contributed by atoms with Gasteiger partial charge in [0.25, 0.3) is 5.91 Å². The van der Waals surface area contributed by atoms with Crippen molar-refractivity contribution in [3.8, 4) is 17.3 Å². The molecular weight excluding hydrogens is 346 g/mol. The lowest BCUT2D eigenvalue weighted by atomic mass is 9.97. The molecule has 1 aliphatic rings. The third kappa shape index (κ3) is 3.64. The van der Waals surface area contributed by atoms with Crippen molar-refractivity contribution in [2.45, 2.75) is 18.8 Å². The molecule has 0 saturated carbocycles. The molecule has 1 atom stereocenters. The fourth-order valence-corrected chi connectivity index (χ4v) is 3.19. The fourth-order valence-electron chi connectivity index (χ4n) is 3.19. The van der Waals surface area contributed by atoms with Crippen LogP contribution >= 0.6 is 0 Å². The highest BCUT2D eigenvalue weighted by Crippen LogP contribution is 2.28. The average Bonchev–Trinajstić information content (AvgIpc) is 3.24. The molecule has 1 amide bonds. The zero-order valence-electron chi connectivity index (χ0n) is 14.9. The van der Waals surface area contributed by atoms with Gasteiger partial charge in [-0.1, -0.05) is 5.16 Å². The van der Waals surface area contributed by atoms with Gasteiger partial charge in [0.05, 0.1) is 18.6 Å². The molecule has 0 aliphatic carbocycles. The first-order valence-electron chi connectivity index (χ1n) is 8.78. The molecule has 4 rings (SSSR count). The quantitative estimate of drug-likeness (QED) is 0.701. The minimum absolute atomic E-state index is 0.0202. The minimum atomic E-state index is -0.0538. The summed E-state index contributed by atoms with van der Waals surface area (Å²) in [6.45, 7) is 1.24. The lowest BCUT2D eigenvalue weighted by molar-refractivity contribution is 0.0695. The predicted molar refractivity (Wildman–Crippen MR) is 96.2 cm³/mol. The van der Waals surface area contributed by atoms with Crippen LogP contribution in [0.5, 0.6) is 5.88 Å². The number of hydrogen-bond donors (Lipinski definition) is 0. The lowest BCUT2D eigenvalue weighted by Gasteiger charge is -2.31. The maximum atomic E-state index is 12.8. The molecule has 1 aliphatic heterocycles. The van der Waals surface area contributed by atoms with Crippen molar-refractivity contribution in [3.05, 3.63) is 54.3 Å². The second-order valence-corrected chi connectivity index (χ2v) is 6.38. The van der Waals surface area contributed by atoms with E-state index in [0.29, 0.717) is 36.2 Å². The molecule has 3 aromatic rings. The third-order valence-electron chi connectivity index (χ3n) is 4.61. The highest BCUT2D eigenvalue weighted by Gasteiger charge is 2.29. The molecular formula is C19H19N5O3. The summed E-state index contributed by atoms with van der Waals surface area (Å²) in [5.74, 6) is 1.52. The van der Waals surface area contributed by atoms with Crippen LogP contribution in [0.2, 0.25) is 0 Å². The Morgan fingerprint density at radius 1 is 1.30 bits per heavy atom. The SMILES string of the molecule is COc1ccc(C(=O)N2CCCC(c3nc(-c4cccnc4)no3)C2)cn1. The predicted octanol–water partition coefficient (Wildman–Crippen LogP) is 2.56. The summed E-state index contributed by atoms with van der Waals surface area (Å²) in [6.07, 6.45) is 6.72. The van der Waals surface area contributed by atoms with Crippen molar-refractivity contribution < 1.29 is 14.1 Å². The van der Waals surface area contributed by atoms with E-state index in [-0.39, 0.29) is 11.8 Å². The zero-order valence-corrected chi connectivity index (χ0v) is 14.9. The number of rotatable bonds is 4. The van der Waals surface area contributed by atoms with Gasteiger partial charge in [-0.25, -0.2) is 4.98 Å². The number of pyridine rings is 2. The molecule has 4 heterocycles. The van der Waals surface area contributed by atoms with E-state index >= 15 is 0 Å². The van der Waals surface area contributed by atoms with Gasteiger partial charge < -0.3 is 14.2 Å². The number of aromatic nitrogens is 4. The molecule has 27 heavy (non-hydrogen) atoms. The molecule has 3 aromatic heterocycles. The van der Waals surface area contributed by atoms with Gasteiger partial charge in [-0.3, -0.25) is 9.78 Å². The summed E-state index contributed by atoms with van der Waals surface area (Å²) >= 11 is 0. The van der Waals surface area contributed by atoms with Crippen LogP contribution in [0.1, 0.15) is 35.0 Å². The number of carbonyl (C=O) groups is 1. The summed E-state index contributed by atoms with van der Waals surface area (Å²) in [5.41, 5.74) is 1.35. The van der Waals surface area contributed by atoms with Crippen LogP contribution in [-0.2, 0) is 0 Å². The number of hydrogen-bond acceptors (Lipinski definition) is 7. The zero-order chi connectivity index (χ0) is 18.6. The van der Waals surface area contributed by atoms with Gasteiger partial charge in [-0.2, -0.15) is 4.98 Å². The number of carbonyl (C=O) groups excluding carboxylic acids is 1. The van der Waals surface area contributed by atoms with Crippen LogP contribution in [0.15, 0.2) is 47.4 Å². The largest absolute Gasteiger partial charge is 0.481 e. The Morgan fingerprint density at radius 2 is 2.22 bits per heavy atom. The molecule has 8 nitrogen and oxygen atoms in total. The van der Waals surface area contributed by atoms with Gasteiger partial charge in [0.1, 0.15) is 0 Å². The Bertz CT molecular complexity index is 911. The van der Waals surface area contributed by atoms with Crippen molar-refractivity contribution in [2.24, 2.45) is 0 Å². The van der Waals surface area contributed by atoms with E-state index in [2.05, 4.69) is 20.1 Å². The number of amides is 1. The molecule has 1 saturated heterocycles. The van der Waals surface area contributed by atoms with Crippen molar-refractivity contribution >= 4 is 5.91 Å². The van der Waals surface area contributed by atoms with Crippen LogP contribution in [0.4, 0.5) is 0 Å². The maximum absolute atomic E-state index is 12.8. The van der Waals surface area contributed by atoms with Crippen LogP contribution in [-0.4, -0.2) is 51.1 Å². The summed E-state index contributed by atoms with van der Waals surface area (Å²) in [5, 5.41) is 4.06. The Kier molecular flexibility index (Phi) is 4.78. The second-order valence-electron chi connectivity index (χ2n) is 6.38. The number of piperidine rings is 1. The summed E-state index contributed by atoms with van der Waals surface area (Å²) in [6, 6.07) is 7.13. The minimum Gasteiger partial charge on any atom is -0.481 e. The van der Waals surface area contributed by atoms with E-state index in [1.807, 2.05) is 17.0 Å². The van der Waals surface area contributed by atoms with E-state index in [4.69, 9.17) is 9.26 Å². The van der Waals surface area contributed by atoms with Gasteiger partial charge >= 0.3 is 0 Å². The first-order valence-corrected chi connectivity index (χ1v) is 8.78. The van der Waals surface area contributed by atoms with E-state index in [9.17, 15) is 4.79 Å². The van der Waals surface area contributed by atoms with E-state index < -0.39 is 0 Å². The smallest absolute Gasteiger partial charge is 0.255 e. The molecule has 0 aromatic carbocycles. The fraction of sp³-hybridized carbons (Fsp3) is 0.316. The van der Waals surface area contributed by atoms with Crippen molar-refractivity contribution in [2.75, 3.05) is 20.2 Å². The molecule has 0 bridgehead atoms. The van der Waals surface area contributed by atoms with E-state index in [1.165, 1.54) is 6.20 Å². The molecule has 1 unspecified atom stereocenters. The number of methoxy groups -OCH3 is 1. The second kappa shape index (κ2) is 7.53. The molecule has 8 heteroatoms. The van der Waals surface area contributed by atoms with Crippen molar-refractivity contribution in [1.29, 1.82) is 0 Å². The highest BCUT2D eigenvalue weighted by atomic mass is 16.5. The Balaban J connectivity index is 1.48. The lowest BCUT2D eigenvalue weighted by Crippen LogP contribution is -2.39. The average molecular weight is 365 g/mol. The number of likely N-dealkylation sites (tertiary alicyclic amines) is 1. The standard InChI is InChI=1S/C19H19N5O3/c1-26-16-7-6-14(11-21-16)19(25)24-9-3-5-15(12-24)18-22-17(23-27-18)13-4-2-8-20-10-13/h2,4,6-8,10-11,15H,3,5,9,12H2,1H3. The Labute approximate surface area is 156 Å². The van der Waals surface area contributed by atoms with Crippen molar-refractivity contribution in [3.63, 3.8) is 0 Å². The van der Waals surface area contributed by atoms with Crippen LogP contribution < -0.4 is 4.74 Å². The normalized spacial score (nSPS) is 16.9. The third-order valence-corrected chi connectivity index (χ3v) is 4.61. The van der Waals surface area contributed by atoms with Gasteiger partial charge in [-0.15, -0.1) is 0 Å². The Hall–Kier alpha value is -3.29. The molecule has 1 fully saturated rings. The van der Waals surface area contributed by atoms with E-state index in [0.717, 1.165) is 18.4 Å². The van der Waals surface area contributed by atoms with Gasteiger partial charge in [-0.05, 0) is 31.0 Å². The molecule has 138 valence electrons. The monoisotopic (exact) mass is 365 g/mol. The maximum Gasteiger partial charge on any atom is 0.255 e. The van der Waals surface area contributed by atoms with Crippen LogP contribution in [0.25, 0.3) is 11.4 Å². The van der Waals surface area contributed by atoms with Crippen LogP contribution in [0, 0.1) is 0 Å². The molecule has 0 spiro atoms. The van der Waals surface area contributed by atoms with Gasteiger partial charge in [0.15, 0.2) is 0 Å². The van der Waals surface area contributed by atoms with Gasteiger partial charge in [0.2, 0.25) is 17.6 Å².